The largest absolute Gasteiger partial charge is 0.387 e. The van der Waals surface area contributed by atoms with E-state index in [1.54, 1.807) is 11.3 Å². The van der Waals surface area contributed by atoms with Gasteiger partial charge in [0.1, 0.15) is 0 Å². The number of aliphatic hydroxyl groups is 1. The molecule has 2 N–H and O–H groups in total. The van der Waals surface area contributed by atoms with E-state index in [0.717, 1.165) is 18.5 Å². The summed E-state index contributed by atoms with van der Waals surface area (Å²) >= 11 is 7.75. The Labute approximate surface area is 145 Å². The van der Waals surface area contributed by atoms with Crippen molar-refractivity contribution in [3.63, 3.8) is 0 Å². The highest BCUT2D eigenvalue weighted by Gasteiger charge is 2.08. The summed E-state index contributed by atoms with van der Waals surface area (Å²) in [6.07, 6.45) is 0.432. The van der Waals surface area contributed by atoms with Crippen molar-refractivity contribution in [3.8, 4) is 0 Å². The van der Waals surface area contributed by atoms with Crippen molar-refractivity contribution in [2.24, 2.45) is 0 Å². The highest BCUT2D eigenvalue weighted by Crippen LogP contribution is 2.27. The zero-order valence-electron chi connectivity index (χ0n) is 13.1. The van der Waals surface area contributed by atoms with Gasteiger partial charge in [-0.1, -0.05) is 41.4 Å². The van der Waals surface area contributed by atoms with Crippen molar-refractivity contribution in [2.45, 2.75) is 19.4 Å². The predicted molar refractivity (Wildman–Crippen MR) is 99.5 cm³/mol. The van der Waals surface area contributed by atoms with Crippen molar-refractivity contribution in [2.75, 3.05) is 13.1 Å². The maximum absolute atomic E-state index is 10.2. The Morgan fingerprint density at radius 1 is 1.22 bits per heavy atom. The molecule has 2 nitrogen and oxygen atoms in total. The molecule has 120 valence electrons. The minimum atomic E-state index is -0.532. The van der Waals surface area contributed by atoms with Gasteiger partial charge in [0.15, 0.2) is 0 Å². The second-order valence-corrected chi connectivity index (χ2v) is 7.13. The van der Waals surface area contributed by atoms with Gasteiger partial charge in [-0.05, 0) is 60.0 Å². The summed E-state index contributed by atoms with van der Waals surface area (Å²) in [4.78, 5) is 0. The molecule has 1 aromatic heterocycles. The first-order valence-corrected chi connectivity index (χ1v) is 9.00. The molecule has 0 fully saturated rings. The Morgan fingerprint density at radius 2 is 2.09 bits per heavy atom. The third-order valence-electron chi connectivity index (χ3n) is 3.95. The lowest BCUT2D eigenvalue weighted by Gasteiger charge is -2.12. The number of aliphatic hydroxyl groups excluding tert-OH is 1. The lowest BCUT2D eigenvalue weighted by atomic mass is 10.1. The molecule has 1 atom stereocenters. The summed E-state index contributed by atoms with van der Waals surface area (Å²) in [6, 6.07) is 14.0. The molecule has 0 aliphatic carbocycles. The van der Waals surface area contributed by atoms with E-state index in [4.69, 9.17) is 11.6 Å². The number of hydrogen-bond donors (Lipinski definition) is 2. The van der Waals surface area contributed by atoms with E-state index >= 15 is 0 Å². The van der Waals surface area contributed by atoms with E-state index in [-0.39, 0.29) is 0 Å². The molecule has 3 aromatic rings. The Morgan fingerprint density at radius 3 is 2.91 bits per heavy atom. The van der Waals surface area contributed by atoms with Gasteiger partial charge in [-0.25, -0.2) is 0 Å². The molecule has 1 unspecified atom stereocenters. The van der Waals surface area contributed by atoms with Crippen molar-refractivity contribution >= 4 is 33.0 Å². The zero-order chi connectivity index (χ0) is 16.2. The van der Waals surface area contributed by atoms with Crippen molar-refractivity contribution < 1.29 is 5.11 Å². The van der Waals surface area contributed by atoms with Crippen LogP contribution in [0.5, 0.6) is 0 Å². The highest BCUT2D eigenvalue weighted by atomic mass is 35.5. The van der Waals surface area contributed by atoms with E-state index in [2.05, 4.69) is 35.8 Å². The molecule has 0 bridgehead atoms. The zero-order valence-corrected chi connectivity index (χ0v) is 14.6. The van der Waals surface area contributed by atoms with Crippen LogP contribution >= 0.6 is 22.9 Å². The number of hydrogen-bond acceptors (Lipinski definition) is 3. The van der Waals surface area contributed by atoms with Gasteiger partial charge < -0.3 is 10.4 Å². The van der Waals surface area contributed by atoms with E-state index in [0.29, 0.717) is 11.6 Å². The van der Waals surface area contributed by atoms with Gasteiger partial charge in [-0.3, -0.25) is 0 Å². The summed E-state index contributed by atoms with van der Waals surface area (Å²) < 4.78 is 1.34. The minimum Gasteiger partial charge on any atom is -0.387 e. The van der Waals surface area contributed by atoms with Crippen LogP contribution in [-0.2, 0) is 6.42 Å². The third-order valence-corrected chi connectivity index (χ3v) is 5.20. The Kier molecular flexibility index (Phi) is 5.34. The van der Waals surface area contributed by atoms with E-state index in [9.17, 15) is 5.11 Å². The molecular weight excluding hydrogens is 326 g/mol. The minimum absolute atomic E-state index is 0.529. The molecule has 0 radical (unpaired) electrons. The normalized spacial score (nSPS) is 12.7. The van der Waals surface area contributed by atoms with E-state index < -0.39 is 6.10 Å². The van der Waals surface area contributed by atoms with Crippen LogP contribution in [0.3, 0.4) is 0 Å². The molecule has 0 saturated heterocycles. The lowest BCUT2D eigenvalue weighted by Crippen LogP contribution is -2.23. The van der Waals surface area contributed by atoms with Crippen LogP contribution in [-0.4, -0.2) is 18.2 Å². The third kappa shape index (κ3) is 4.12. The summed E-state index contributed by atoms with van der Waals surface area (Å²) in [6.45, 7) is 3.50. The Balaban J connectivity index is 1.54. The number of aryl methyl sites for hydroxylation is 1. The van der Waals surface area contributed by atoms with Crippen LogP contribution in [0.15, 0.2) is 47.8 Å². The van der Waals surface area contributed by atoms with Gasteiger partial charge in [0.25, 0.3) is 0 Å². The van der Waals surface area contributed by atoms with Crippen molar-refractivity contribution in [1.82, 2.24) is 5.32 Å². The fourth-order valence-electron chi connectivity index (χ4n) is 2.68. The smallest absolute Gasteiger partial charge is 0.0914 e. The van der Waals surface area contributed by atoms with Gasteiger partial charge in [0.2, 0.25) is 0 Å². The predicted octanol–water partition coefficient (Wildman–Crippen LogP) is 4.73. The average molecular weight is 346 g/mol. The monoisotopic (exact) mass is 345 g/mol. The van der Waals surface area contributed by atoms with Crippen LogP contribution in [0.25, 0.3) is 10.1 Å². The summed E-state index contributed by atoms with van der Waals surface area (Å²) in [5.74, 6) is 0. The van der Waals surface area contributed by atoms with Gasteiger partial charge in [0, 0.05) is 16.3 Å². The number of rotatable bonds is 6. The van der Waals surface area contributed by atoms with Gasteiger partial charge in [-0.15, -0.1) is 11.3 Å². The van der Waals surface area contributed by atoms with Crippen LogP contribution < -0.4 is 5.32 Å². The van der Waals surface area contributed by atoms with E-state index in [1.807, 2.05) is 24.3 Å². The molecule has 0 amide bonds. The van der Waals surface area contributed by atoms with Gasteiger partial charge in [-0.2, -0.15) is 0 Å². The number of fused-ring (bicyclic) bond motifs is 1. The summed E-state index contributed by atoms with van der Waals surface area (Å²) in [7, 11) is 0. The Hall–Kier alpha value is -1.39. The second kappa shape index (κ2) is 7.45. The molecule has 23 heavy (non-hydrogen) atoms. The first-order chi connectivity index (χ1) is 11.1. The first kappa shape index (κ1) is 16.5. The standard InChI is InChI=1S/C19H20ClNOS/c1-13-5-6-19-17(9-13)15(12-23-19)7-8-21-11-18(22)14-3-2-4-16(20)10-14/h2-6,9-10,12,18,21-22H,7-8,11H2,1H3. The number of nitrogens with one attached hydrogen (secondary N) is 1. The fraction of sp³-hybridized carbons (Fsp3) is 0.263. The molecule has 4 heteroatoms. The number of halogens is 1. The quantitative estimate of drug-likeness (QED) is 0.633. The van der Waals surface area contributed by atoms with Crippen molar-refractivity contribution in [1.29, 1.82) is 0 Å². The SMILES string of the molecule is Cc1ccc2scc(CCNCC(O)c3cccc(Cl)c3)c2c1. The second-order valence-electron chi connectivity index (χ2n) is 5.79. The summed E-state index contributed by atoms with van der Waals surface area (Å²) in [5, 5.41) is 17.8. The molecule has 0 aliphatic rings. The average Bonchev–Trinajstić information content (AvgIpc) is 2.93. The maximum atomic E-state index is 10.2. The molecule has 2 aromatic carbocycles. The molecule has 3 rings (SSSR count). The molecular formula is C19H20ClNOS. The van der Waals surface area contributed by atoms with Crippen LogP contribution in [0.2, 0.25) is 5.02 Å². The van der Waals surface area contributed by atoms with Crippen molar-refractivity contribution in [3.05, 3.63) is 69.6 Å². The Bertz CT molecular complexity index is 799. The number of benzene rings is 2. The summed E-state index contributed by atoms with van der Waals surface area (Å²) in [5.41, 5.74) is 3.52. The lowest BCUT2D eigenvalue weighted by molar-refractivity contribution is 0.175. The van der Waals surface area contributed by atoms with Gasteiger partial charge in [0.05, 0.1) is 6.10 Å². The molecule has 0 spiro atoms. The van der Waals surface area contributed by atoms with Gasteiger partial charge >= 0.3 is 0 Å². The first-order valence-electron chi connectivity index (χ1n) is 7.74. The maximum Gasteiger partial charge on any atom is 0.0914 e. The van der Waals surface area contributed by atoms with Crippen LogP contribution in [0.4, 0.5) is 0 Å². The fourth-order valence-corrected chi connectivity index (χ4v) is 3.86. The molecule has 0 saturated carbocycles. The van der Waals surface area contributed by atoms with Crippen LogP contribution in [0.1, 0.15) is 22.8 Å². The molecule has 1 heterocycles. The van der Waals surface area contributed by atoms with Crippen LogP contribution in [0, 0.1) is 6.92 Å². The molecule has 0 aliphatic heterocycles. The topological polar surface area (TPSA) is 32.3 Å². The highest BCUT2D eigenvalue weighted by molar-refractivity contribution is 7.17. The number of thiophene rings is 1. The van der Waals surface area contributed by atoms with E-state index in [1.165, 1.54) is 21.2 Å².